The lowest BCUT2D eigenvalue weighted by Crippen LogP contribution is -2.33. The number of nitrogens with zero attached hydrogens (tertiary/aromatic N) is 1. The molecule has 5 nitrogen and oxygen atoms in total. The number of sulfonamides is 1. The van der Waals surface area contributed by atoms with E-state index in [-0.39, 0.29) is 22.3 Å². The van der Waals surface area contributed by atoms with Crippen LogP contribution in [0.1, 0.15) is 6.92 Å². The Morgan fingerprint density at radius 3 is 2.82 bits per heavy atom. The molecule has 0 aliphatic heterocycles. The van der Waals surface area contributed by atoms with Crippen LogP contribution in [0.2, 0.25) is 0 Å². The van der Waals surface area contributed by atoms with Gasteiger partial charge in [0.25, 0.3) is 0 Å². The Morgan fingerprint density at radius 1 is 1.65 bits per heavy atom. The van der Waals surface area contributed by atoms with Gasteiger partial charge >= 0.3 is 0 Å². The number of nitrogens with two attached hydrogens (primary N) is 1. The third kappa shape index (κ3) is 3.99. The number of thiocarbonyl (C=S) groups is 1. The van der Waals surface area contributed by atoms with Crippen LogP contribution in [0, 0.1) is 11.7 Å². The maximum absolute atomic E-state index is 12.8. The summed E-state index contributed by atoms with van der Waals surface area (Å²) >= 11 is 4.71. The van der Waals surface area contributed by atoms with Gasteiger partial charge in [0.1, 0.15) is 10.7 Å². The van der Waals surface area contributed by atoms with Crippen LogP contribution >= 0.6 is 12.2 Å². The zero-order chi connectivity index (χ0) is 13.1. The highest BCUT2D eigenvalue weighted by atomic mass is 32.2. The van der Waals surface area contributed by atoms with Gasteiger partial charge in [-0.15, -0.1) is 0 Å². The van der Waals surface area contributed by atoms with E-state index < -0.39 is 15.8 Å². The van der Waals surface area contributed by atoms with Crippen molar-refractivity contribution in [3.05, 3.63) is 24.3 Å². The minimum Gasteiger partial charge on any atom is -0.393 e. The van der Waals surface area contributed by atoms with Crippen molar-refractivity contribution in [3.63, 3.8) is 0 Å². The molecule has 1 aromatic rings. The Balaban J connectivity index is 2.79. The van der Waals surface area contributed by atoms with E-state index in [2.05, 4.69) is 9.71 Å². The van der Waals surface area contributed by atoms with Crippen LogP contribution in [0.25, 0.3) is 0 Å². The van der Waals surface area contributed by atoms with Gasteiger partial charge in [-0.2, -0.15) is 0 Å². The summed E-state index contributed by atoms with van der Waals surface area (Å²) in [7, 11) is -3.78. The number of halogens is 1. The summed E-state index contributed by atoms with van der Waals surface area (Å²) in [6.07, 6.45) is 1.99. The van der Waals surface area contributed by atoms with Crippen molar-refractivity contribution in [1.82, 2.24) is 9.71 Å². The van der Waals surface area contributed by atoms with Gasteiger partial charge in [-0.3, -0.25) is 4.98 Å². The molecule has 8 heteroatoms. The maximum atomic E-state index is 12.8. The summed E-state index contributed by atoms with van der Waals surface area (Å²) in [6, 6.07) is 0.890. The minimum absolute atomic E-state index is 0.0637. The molecule has 0 saturated heterocycles. The lowest BCUT2D eigenvalue weighted by atomic mass is 10.2. The molecule has 1 aromatic heterocycles. The van der Waals surface area contributed by atoms with E-state index in [1.54, 1.807) is 6.92 Å². The van der Waals surface area contributed by atoms with E-state index in [4.69, 9.17) is 18.0 Å². The summed E-state index contributed by atoms with van der Waals surface area (Å²) < 4.78 is 38.5. The summed E-state index contributed by atoms with van der Waals surface area (Å²) in [4.78, 5) is 3.45. The number of nitrogens with one attached hydrogen (secondary N) is 1. The highest BCUT2D eigenvalue weighted by molar-refractivity contribution is 7.89. The topological polar surface area (TPSA) is 85.1 Å². The van der Waals surface area contributed by atoms with E-state index in [1.165, 1.54) is 0 Å². The quantitative estimate of drug-likeness (QED) is 0.762. The first-order valence-electron chi connectivity index (χ1n) is 4.72. The molecule has 1 rings (SSSR count). The van der Waals surface area contributed by atoms with Crippen LogP contribution in [0.5, 0.6) is 0 Å². The highest BCUT2D eigenvalue weighted by Gasteiger charge is 2.16. The Kier molecular flexibility index (Phi) is 4.49. The van der Waals surface area contributed by atoms with E-state index in [0.717, 1.165) is 18.5 Å². The first kappa shape index (κ1) is 13.9. The van der Waals surface area contributed by atoms with E-state index in [9.17, 15) is 12.8 Å². The standard InChI is InChI=1S/C9H12FN3O2S2/c1-6(9(11)16)3-13-17(14,15)8-2-7(10)4-12-5-8/h2,4-6,13H,3H2,1H3,(H2,11,16). The highest BCUT2D eigenvalue weighted by Crippen LogP contribution is 2.08. The average molecular weight is 277 g/mol. The second kappa shape index (κ2) is 5.48. The van der Waals surface area contributed by atoms with Crippen molar-refractivity contribution in [2.24, 2.45) is 11.7 Å². The van der Waals surface area contributed by atoms with Crippen LogP contribution in [0.15, 0.2) is 23.4 Å². The molecule has 0 bridgehead atoms. The fourth-order valence-corrected chi connectivity index (χ4v) is 2.14. The fourth-order valence-electron chi connectivity index (χ4n) is 0.958. The number of aromatic nitrogens is 1. The van der Waals surface area contributed by atoms with Crippen LogP contribution in [0.3, 0.4) is 0 Å². The molecule has 0 saturated carbocycles. The second-order valence-corrected chi connectivity index (χ2v) is 5.73. The van der Waals surface area contributed by atoms with E-state index >= 15 is 0 Å². The maximum Gasteiger partial charge on any atom is 0.242 e. The number of hydrogen-bond donors (Lipinski definition) is 2. The normalized spacial score (nSPS) is 13.3. The predicted octanol–water partition coefficient (Wildman–Crippen LogP) is 0.421. The van der Waals surface area contributed by atoms with Gasteiger partial charge in [0.2, 0.25) is 10.0 Å². The zero-order valence-electron chi connectivity index (χ0n) is 9.05. The van der Waals surface area contributed by atoms with Crippen LogP contribution < -0.4 is 10.5 Å². The van der Waals surface area contributed by atoms with Crippen LogP contribution in [0.4, 0.5) is 4.39 Å². The van der Waals surface area contributed by atoms with Gasteiger partial charge in [-0.05, 0) is 6.07 Å². The molecular weight excluding hydrogens is 265 g/mol. The molecule has 0 spiro atoms. The van der Waals surface area contributed by atoms with Crippen molar-refractivity contribution in [2.75, 3.05) is 6.54 Å². The van der Waals surface area contributed by atoms with Gasteiger partial charge in [0.15, 0.2) is 0 Å². The second-order valence-electron chi connectivity index (χ2n) is 3.49. The molecule has 3 N–H and O–H groups in total. The Morgan fingerprint density at radius 2 is 2.29 bits per heavy atom. The molecule has 0 aliphatic rings. The van der Waals surface area contributed by atoms with E-state index in [1.807, 2.05) is 0 Å². The third-order valence-corrected chi connectivity index (χ3v) is 3.85. The van der Waals surface area contributed by atoms with Crippen LogP contribution in [-0.4, -0.2) is 24.9 Å². The van der Waals surface area contributed by atoms with Crippen molar-refractivity contribution < 1.29 is 12.8 Å². The molecule has 94 valence electrons. The number of hydrogen-bond acceptors (Lipinski definition) is 4. The zero-order valence-corrected chi connectivity index (χ0v) is 10.7. The molecule has 1 atom stereocenters. The smallest absolute Gasteiger partial charge is 0.242 e. The lowest BCUT2D eigenvalue weighted by Gasteiger charge is -2.11. The lowest BCUT2D eigenvalue weighted by molar-refractivity contribution is 0.570. The molecule has 1 unspecified atom stereocenters. The van der Waals surface area contributed by atoms with Gasteiger partial charge in [-0.25, -0.2) is 17.5 Å². The summed E-state index contributed by atoms with van der Waals surface area (Å²) in [5.74, 6) is -0.989. The molecule has 1 heterocycles. The monoisotopic (exact) mass is 277 g/mol. The Hall–Kier alpha value is -1.12. The molecular formula is C9H12FN3O2S2. The van der Waals surface area contributed by atoms with Crippen molar-refractivity contribution in [1.29, 1.82) is 0 Å². The number of rotatable bonds is 5. The largest absolute Gasteiger partial charge is 0.393 e. The van der Waals surface area contributed by atoms with Gasteiger partial charge in [-0.1, -0.05) is 19.1 Å². The molecule has 17 heavy (non-hydrogen) atoms. The Bertz CT molecular complexity index is 519. The molecule has 0 aliphatic carbocycles. The number of pyridine rings is 1. The van der Waals surface area contributed by atoms with Crippen molar-refractivity contribution >= 4 is 27.2 Å². The first-order chi connectivity index (χ1) is 7.83. The molecule has 0 aromatic carbocycles. The molecule has 0 radical (unpaired) electrons. The minimum atomic E-state index is -3.78. The summed E-state index contributed by atoms with van der Waals surface area (Å²) in [5.41, 5.74) is 5.35. The van der Waals surface area contributed by atoms with Crippen molar-refractivity contribution in [3.8, 4) is 0 Å². The van der Waals surface area contributed by atoms with Gasteiger partial charge in [0, 0.05) is 18.7 Å². The van der Waals surface area contributed by atoms with Gasteiger partial charge in [0.05, 0.1) is 11.2 Å². The summed E-state index contributed by atoms with van der Waals surface area (Å²) in [5, 5.41) is 0. The predicted molar refractivity (Wildman–Crippen MR) is 65.3 cm³/mol. The van der Waals surface area contributed by atoms with Gasteiger partial charge < -0.3 is 5.73 Å². The van der Waals surface area contributed by atoms with Crippen LogP contribution in [-0.2, 0) is 10.0 Å². The van der Waals surface area contributed by atoms with Crippen molar-refractivity contribution in [2.45, 2.75) is 11.8 Å². The Labute approximate surface area is 104 Å². The average Bonchev–Trinajstić information content (AvgIpc) is 2.26. The molecule has 0 fully saturated rings. The SMILES string of the molecule is CC(CNS(=O)(=O)c1cncc(F)c1)C(N)=S. The fraction of sp³-hybridized carbons (Fsp3) is 0.333. The molecule has 0 amide bonds. The third-order valence-electron chi connectivity index (χ3n) is 2.06. The first-order valence-corrected chi connectivity index (χ1v) is 6.61. The van der Waals surface area contributed by atoms with E-state index in [0.29, 0.717) is 0 Å². The summed E-state index contributed by atoms with van der Waals surface area (Å²) in [6.45, 7) is 1.75.